The Hall–Kier alpha value is -2.63. The highest BCUT2D eigenvalue weighted by molar-refractivity contribution is 5.81. The largest absolute Gasteiger partial charge is 0.479 e. The molecule has 1 aliphatic rings. The van der Waals surface area contributed by atoms with Gasteiger partial charge in [-0.1, -0.05) is 24.3 Å². The second-order valence-corrected chi connectivity index (χ2v) is 5.05. The summed E-state index contributed by atoms with van der Waals surface area (Å²) in [5, 5.41) is 9.60. The maximum absolute atomic E-state index is 12.2. The maximum atomic E-state index is 12.2. The first kappa shape index (κ1) is 13.4. The molecule has 6 heteroatoms. The summed E-state index contributed by atoms with van der Waals surface area (Å²) in [6.07, 6.45) is 3.76. The molecule has 0 amide bonds. The molecule has 0 radical (unpaired) electrons. The van der Waals surface area contributed by atoms with E-state index in [1.807, 2.05) is 18.2 Å². The third-order valence-electron chi connectivity index (χ3n) is 3.79. The van der Waals surface area contributed by atoms with Gasteiger partial charge in [0.2, 0.25) is 0 Å². The number of aryl methyl sites for hydroxylation is 1. The normalized spacial score (nSPS) is 17.4. The van der Waals surface area contributed by atoms with Crippen LogP contribution in [-0.4, -0.2) is 27.2 Å². The standard InChI is InChI=1S/C15H15N3O3/c1-17-9-7-16-13(14(17)19)18-8-6-10-4-2-3-5-11(10)12(18)15(20)21/h2-5,7,9,12H,6,8H2,1H3,(H,20,21). The summed E-state index contributed by atoms with van der Waals surface area (Å²) in [5.74, 6) is -0.795. The van der Waals surface area contributed by atoms with E-state index in [0.717, 1.165) is 11.1 Å². The molecule has 1 aromatic carbocycles. The zero-order chi connectivity index (χ0) is 15.0. The average molecular weight is 285 g/mol. The number of carbonyl (C=O) groups is 1. The molecule has 0 aliphatic carbocycles. The second kappa shape index (κ2) is 5.05. The Balaban J connectivity index is 2.14. The first-order chi connectivity index (χ1) is 10.1. The summed E-state index contributed by atoms with van der Waals surface area (Å²) >= 11 is 0. The van der Waals surface area contributed by atoms with Gasteiger partial charge in [0.25, 0.3) is 5.56 Å². The van der Waals surface area contributed by atoms with Crippen LogP contribution in [0.5, 0.6) is 0 Å². The third kappa shape index (κ3) is 2.18. The molecule has 1 N–H and O–H groups in total. The molecular weight excluding hydrogens is 270 g/mol. The molecule has 1 aromatic heterocycles. The van der Waals surface area contributed by atoms with Gasteiger partial charge in [-0.2, -0.15) is 0 Å². The molecule has 21 heavy (non-hydrogen) atoms. The highest BCUT2D eigenvalue weighted by Gasteiger charge is 2.34. The molecule has 1 aliphatic heterocycles. The van der Waals surface area contributed by atoms with Gasteiger partial charge in [0.05, 0.1) is 0 Å². The van der Waals surface area contributed by atoms with Crippen LogP contribution in [0.1, 0.15) is 17.2 Å². The SMILES string of the molecule is Cn1ccnc(N2CCc3ccccc3C2C(=O)O)c1=O. The average Bonchev–Trinajstić information content (AvgIpc) is 2.48. The molecular formula is C15H15N3O3. The lowest BCUT2D eigenvalue weighted by molar-refractivity contribution is -0.138. The third-order valence-corrected chi connectivity index (χ3v) is 3.79. The van der Waals surface area contributed by atoms with Gasteiger partial charge < -0.3 is 14.6 Å². The highest BCUT2D eigenvalue weighted by atomic mass is 16.4. The predicted molar refractivity (Wildman–Crippen MR) is 77.3 cm³/mol. The first-order valence-electron chi connectivity index (χ1n) is 6.68. The Morgan fingerprint density at radius 3 is 2.90 bits per heavy atom. The number of benzene rings is 1. The number of carboxylic acids is 1. The summed E-state index contributed by atoms with van der Waals surface area (Å²) in [6, 6.07) is 6.56. The van der Waals surface area contributed by atoms with E-state index in [4.69, 9.17) is 0 Å². The fourth-order valence-electron chi connectivity index (χ4n) is 2.74. The molecule has 0 saturated heterocycles. The van der Waals surface area contributed by atoms with Gasteiger partial charge in [0.15, 0.2) is 11.9 Å². The van der Waals surface area contributed by atoms with Crippen LogP contribution >= 0.6 is 0 Å². The van der Waals surface area contributed by atoms with Crippen molar-refractivity contribution in [2.45, 2.75) is 12.5 Å². The Morgan fingerprint density at radius 2 is 2.14 bits per heavy atom. The smallest absolute Gasteiger partial charge is 0.331 e. The minimum absolute atomic E-state index is 0.182. The lowest BCUT2D eigenvalue weighted by atomic mass is 9.92. The minimum atomic E-state index is -0.977. The number of carboxylic acid groups (broad SMARTS) is 1. The molecule has 3 rings (SSSR count). The van der Waals surface area contributed by atoms with Crippen molar-refractivity contribution in [2.24, 2.45) is 7.05 Å². The van der Waals surface area contributed by atoms with Crippen LogP contribution in [0.2, 0.25) is 0 Å². The van der Waals surface area contributed by atoms with Gasteiger partial charge in [0, 0.05) is 26.0 Å². The minimum Gasteiger partial charge on any atom is -0.479 e. The molecule has 2 heterocycles. The van der Waals surface area contributed by atoms with Crippen LogP contribution in [0.15, 0.2) is 41.5 Å². The number of hydrogen-bond acceptors (Lipinski definition) is 4. The van der Waals surface area contributed by atoms with Crippen molar-refractivity contribution < 1.29 is 9.90 Å². The van der Waals surface area contributed by atoms with E-state index in [0.29, 0.717) is 13.0 Å². The number of aromatic nitrogens is 2. The van der Waals surface area contributed by atoms with Crippen molar-refractivity contribution in [3.63, 3.8) is 0 Å². The van der Waals surface area contributed by atoms with Crippen LogP contribution in [0.4, 0.5) is 5.82 Å². The van der Waals surface area contributed by atoms with E-state index in [1.54, 1.807) is 24.2 Å². The fraction of sp³-hybridized carbons (Fsp3) is 0.267. The lowest BCUT2D eigenvalue weighted by Gasteiger charge is -2.35. The van der Waals surface area contributed by atoms with E-state index >= 15 is 0 Å². The molecule has 0 fully saturated rings. The van der Waals surface area contributed by atoms with Gasteiger partial charge in [-0.05, 0) is 17.5 Å². The quantitative estimate of drug-likeness (QED) is 0.889. The van der Waals surface area contributed by atoms with Gasteiger partial charge in [-0.15, -0.1) is 0 Å². The zero-order valence-corrected chi connectivity index (χ0v) is 11.6. The summed E-state index contributed by atoms with van der Waals surface area (Å²) in [6.45, 7) is 0.459. The van der Waals surface area contributed by atoms with Crippen molar-refractivity contribution >= 4 is 11.8 Å². The molecule has 1 atom stereocenters. The number of aliphatic carboxylic acids is 1. The van der Waals surface area contributed by atoms with Crippen molar-refractivity contribution in [1.82, 2.24) is 9.55 Å². The second-order valence-electron chi connectivity index (χ2n) is 5.05. The van der Waals surface area contributed by atoms with Crippen molar-refractivity contribution in [1.29, 1.82) is 0 Å². The molecule has 0 saturated carbocycles. The molecule has 1 unspecified atom stereocenters. The Labute approximate surface area is 121 Å². The Kier molecular flexibility index (Phi) is 3.21. The molecule has 0 spiro atoms. The van der Waals surface area contributed by atoms with Crippen LogP contribution < -0.4 is 10.5 Å². The van der Waals surface area contributed by atoms with Gasteiger partial charge in [-0.3, -0.25) is 4.79 Å². The Bertz CT molecular complexity index is 754. The monoisotopic (exact) mass is 285 g/mol. The summed E-state index contributed by atoms with van der Waals surface area (Å²) in [4.78, 5) is 29.6. The maximum Gasteiger partial charge on any atom is 0.331 e. The zero-order valence-electron chi connectivity index (χ0n) is 11.6. The van der Waals surface area contributed by atoms with E-state index in [2.05, 4.69) is 4.98 Å². The van der Waals surface area contributed by atoms with Gasteiger partial charge >= 0.3 is 5.97 Å². The van der Waals surface area contributed by atoms with Gasteiger partial charge in [-0.25, -0.2) is 9.78 Å². The topological polar surface area (TPSA) is 75.4 Å². The number of anilines is 1. The molecule has 0 bridgehead atoms. The van der Waals surface area contributed by atoms with Crippen LogP contribution in [0.3, 0.4) is 0 Å². The Morgan fingerprint density at radius 1 is 1.38 bits per heavy atom. The van der Waals surface area contributed by atoms with Gasteiger partial charge in [0.1, 0.15) is 0 Å². The van der Waals surface area contributed by atoms with E-state index in [9.17, 15) is 14.7 Å². The van der Waals surface area contributed by atoms with Crippen molar-refractivity contribution in [2.75, 3.05) is 11.4 Å². The molecule has 2 aromatic rings. The van der Waals surface area contributed by atoms with Crippen LogP contribution in [-0.2, 0) is 18.3 Å². The number of hydrogen-bond donors (Lipinski definition) is 1. The fourth-order valence-corrected chi connectivity index (χ4v) is 2.74. The number of nitrogens with zero attached hydrogens (tertiary/aromatic N) is 3. The molecule has 6 nitrogen and oxygen atoms in total. The van der Waals surface area contributed by atoms with E-state index in [-0.39, 0.29) is 11.4 Å². The van der Waals surface area contributed by atoms with E-state index < -0.39 is 12.0 Å². The number of fused-ring (bicyclic) bond motifs is 1. The first-order valence-corrected chi connectivity index (χ1v) is 6.68. The van der Waals surface area contributed by atoms with Crippen LogP contribution in [0.25, 0.3) is 0 Å². The number of rotatable bonds is 2. The van der Waals surface area contributed by atoms with E-state index in [1.165, 1.54) is 10.8 Å². The highest BCUT2D eigenvalue weighted by Crippen LogP contribution is 2.31. The summed E-state index contributed by atoms with van der Waals surface area (Å²) < 4.78 is 1.40. The molecule has 108 valence electrons. The van der Waals surface area contributed by atoms with Crippen molar-refractivity contribution in [3.05, 3.63) is 58.1 Å². The summed E-state index contributed by atoms with van der Waals surface area (Å²) in [7, 11) is 1.63. The summed E-state index contributed by atoms with van der Waals surface area (Å²) in [5.41, 5.74) is 1.45. The predicted octanol–water partition coefficient (Wildman–Crippen LogP) is 0.969. The van der Waals surface area contributed by atoms with Crippen molar-refractivity contribution in [3.8, 4) is 0 Å². The lowest BCUT2D eigenvalue weighted by Crippen LogP contribution is -2.43. The van der Waals surface area contributed by atoms with Crippen LogP contribution in [0, 0.1) is 0 Å².